The molecule has 148 valence electrons. The summed E-state index contributed by atoms with van der Waals surface area (Å²) in [6.07, 6.45) is 0.780. The van der Waals surface area contributed by atoms with Crippen molar-refractivity contribution in [1.82, 2.24) is 0 Å². The van der Waals surface area contributed by atoms with E-state index in [2.05, 4.69) is 59.0 Å². The van der Waals surface area contributed by atoms with Crippen molar-refractivity contribution in [2.24, 2.45) is 0 Å². The first-order valence-electron chi connectivity index (χ1n) is 8.88. The summed E-state index contributed by atoms with van der Waals surface area (Å²) < 4.78 is 24.6. The molecule has 0 fully saturated rings. The lowest BCUT2D eigenvalue weighted by molar-refractivity contribution is -0.138. The number of hydrogen-bond donors (Lipinski definition) is 0. The summed E-state index contributed by atoms with van der Waals surface area (Å²) in [4.78, 5) is 11.4. The zero-order chi connectivity index (χ0) is 20.1. The van der Waals surface area contributed by atoms with Crippen LogP contribution in [0.2, 0.25) is 65.0 Å². The minimum Gasteiger partial charge on any atom is -0.462 e. The van der Waals surface area contributed by atoms with E-state index in [4.69, 9.17) is 17.1 Å². The molecule has 0 radical (unpaired) electrons. The summed E-state index contributed by atoms with van der Waals surface area (Å²) >= 11 is 0. The molecule has 0 spiro atoms. The molecule has 25 heavy (non-hydrogen) atoms. The third kappa shape index (κ3) is 12.9. The van der Waals surface area contributed by atoms with Crippen LogP contribution in [0, 0.1) is 0 Å². The Kier molecular flexibility index (Phi) is 9.23. The monoisotopic (exact) mass is 422 g/mol. The smallest absolute Gasteiger partial charge is 0.462 e. The molecule has 5 nitrogen and oxygen atoms in total. The summed E-state index contributed by atoms with van der Waals surface area (Å²) in [6, 6.07) is 0.892. The molecule has 0 aromatic heterocycles. The molecule has 0 aromatic carbocycles. The van der Waals surface area contributed by atoms with Gasteiger partial charge in [0.05, 0.1) is 6.61 Å². The molecule has 0 aromatic rings. The SMILES string of the molecule is C=C(C)C(=O)OCCC[Si](C)(C)O[Si](C)(O[Si](C)(C)C)O[Si](C)(C)C. The normalized spacial score (nSPS) is 13.7. The second-order valence-corrected chi connectivity index (χ2v) is 25.8. The molecule has 0 aliphatic heterocycles. The van der Waals surface area contributed by atoms with Crippen LogP contribution in [-0.4, -0.2) is 46.3 Å². The van der Waals surface area contributed by atoms with E-state index in [1.165, 1.54) is 0 Å². The van der Waals surface area contributed by atoms with Gasteiger partial charge < -0.3 is 17.1 Å². The van der Waals surface area contributed by atoms with E-state index in [9.17, 15) is 4.79 Å². The maximum atomic E-state index is 11.4. The van der Waals surface area contributed by atoms with Crippen molar-refractivity contribution in [1.29, 1.82) is 0 Å². The second-order valence-electron chi connectivity index (χ2n) is 9.17. The quantitative estimate of drug-likeness (QED) is 0.203. The third-order valence-corrected chi connectivity index (χ3v) is 16.1. The first-order valence-corrected chi connectivity index (χ1v) is 21.0. The Bertz CT molecular complexity index is 450. The van der Waals surface area contributed by atoms with Gasteiger partial charge >= 0.3 is 14.8 Å². The molecule has 0 rings (SSSR count). The largest absolute Gasteiger partial charge is 0.466 e. The van der Waals surface area contributed by atoms with Gasteiger partial charge in [0.15, 0.2) is 25.0 Å². The first kappa shape index (κ1) is 25.0. The summed E-state index contributed by atoms with van der Waals surface area (Å²) in [5.74, 6) is -0.330. The lowest BCUT2D eigenvalue weighted by Gasteiger charge is -2.41. The van der Waals surface area contributed by atoms with Crippen LogP contribution in [0.15, 0.2) is 12.2 Å². The van der Waals surface area contributed by atoms with Crippen LogP contribution < -0.4 is 0 Å². The Labute approximate surface area is 158 Å². The van der Waals surface area contributed by atoms with E-state index in [1.54, 1.807) is 6.92 Å². The van der Waals surface area contributed by atoms with Crippen LogP contribution in [0.1, 0.15) is 13.3 Å². The van der Waals surface area contributed by atoms with E-state index >= 15 is 0 Å². The Hall–Kier alpha value is -0.0425. The van der Waals surface area contributed by atoms with E-state index in [0.717, 1.165) is 12.5 Å². The van der Waals surface area contributed by atoms with Crippen molar-refractivity contribution < 1.29 is 21.9 Å². The molecular weight excluding hydrogens is 385 g/mol. The molecule has 0 aliphatic carbocycles. The molecular formula is C16H38O5Si4. The number of carbonyl (C=O) groups excluding carboxylic acids is 1. The second kappa shape index (κ2) is 9.24. The summed E-state index contributed by atoms with van der Waals surface area (Å²) in [6.45, 7) is 25.0. The summed E-state index contributed by atoms with van der Waals surface area (Å²) in [7, 11) is -8.25. The van der Waals surface area contributed by atoms with Crippen molar-refractivity contribution in [3.8, 4) is 0 Å². The van der Waals surface area contributed by atoms with Gasteiger partial charge in [-0.15, -0.1) is 0 Å². The highest BCUT2D eigenvalue weighted by Crippen LogP contribution is 2.27. The highest BCUT2D eigenvalue weighted by atomic mass is 28.5. The molecule has 9 heteroatoms. The van der Waals surface area contributed by atoms with Crippen LogP contribution in [0.5, 0.6) is 0 Å². The number of ether oxygens (including phenoxy) is 1. The molecule has 0 amide bonds. The minimum atomic E-state index is -2.69. The number of carbonyl (C=O) groups is 1. The Morgan fingerprint density at radius 1 is 0.840 bits per heavy atom. The van der Waals surface area contributed by atoms with Gasteiger partial charge in [-0.2, -0.15) is 0 Å². The van der Waals surface area contributed by atoms with E-state index in [0.29, 0.717) is 12.2 Å². The van der Waals surface area contributed by atoms with Crippen LogP contribution in [0.25, 0.3) is 0 Å². The van der Waals surface area contributed by atoms with Gasteiger partial charge in [0, 0.05) is 12.1 Å². The highest BCUT2D eigenvalue weighted by molar-refractivity contribution is 6.89. The predicted molar refractivity (Wildman–Crippen MR) is 114 cm³/mol. The predicted octanol–water partition coefficient (Wildman–Crippen LogP) is 4.99. The van der Waals surface area contributed by atoms with Crippen molar-refractivity contribution in [3.63, 3.8) is 0 Å². The van der Waals surface area contributed by atoms with E-state index < -0.39 is 33.8 Å². The van der Waals surface area contributed by atoms with Gasteiger partial charge in [-0.1, -0.05) is 6.58 Å². The average molecular weight is 423 g/mol. The van der Waals surface area contributed by atoms with E-state index in [-0.39, 0.29) is 5.97 Å². The lowest BCUT2D eigenvalue weighted by atomic mass is 10.4. The standard InChI is InChI=1S/C16H38O5Si4/c1-15(2)16(17)18-13-12-14-24(9,10)21-25(11,19-22(3,4)5)20-23(6,7)8/h1,12-14H2,2-11H3. The summed E-state index contributed by atoms with van der Waals surface area (Å²) in [5.41, 5.74) is 0.430. The zero-order valence-electron chi connectivity index (χ0n) is 17.9. The zero-order valence-corrected chi connectivity index (χ0v) is 21.9. The van der Waals surface area contributed by atoms with Gasteiger partial charge in [0.2, 0.25) is 0 Å². The number of esters is 1. The highest BCUT2D eigenvalue weighted by Gasteiger charge is 2.46. The maximum absolute atomic E-state index is 11.4. The molecule has 0 heterocycles. The Morgan fingerprint density at radius 2 is 1.28 bits per heavy atom. The molecule has 0 saturated heterocycles. The molecule has 0 atom stereocenters. The van der Waals surface area contributed by atoms with Crippen molar-refractivity contribution in [2.75, 3.05) is 6.61 Å². The van der Waals surface area contributed by atoms with Crippen molar-refractivity contribution in [2.45, 2.75) is 78.3 Å². The van der Waals surface area contributed by atoms with Crippen LogP contribution in [0.3, 0.4) is 0 Å². The minimum absolute atomic E-state index is 0.330. The molecule has 0 N–H and O–H groups in total. The van der Waals surface area contributed by atoms with Gasteiger partial charge in [0.25, 0.3) is 0 Å². The third-order valence-electron chi connectivity index (χ3n) is 2.95. The van der Waals surface area contributed by atoms with Crippen molar-refractivity contribution in [3.05, 3.63) is 12.2 Å². The molecule has 0 aliphatic rings. The van der Waals surface area contributed by atoms with Gasteiger partial charge in [0.1, 0.15) is 0 Å². The maximum Gasteiger partial charge on any atom is 0.466 e. The summed E-state index contributed by atoms with van der Waals surface area (Å²) in [5, 5.41) is 0. The number of hydrogen-bond acceptors (Lipinski definition) is 5. The van der Waals surface area contributed by atoms with Crippen LogP contribution >= 0.6 is 0 Å². The Morgan fingerprint density at radius 3 is 1.64 bits per heavy atom. The van der Waals surface area contributed by atoms with Gasteiger partial charge in [-0.3, -0.25) is 0 Å². The fourth-order valence-electron chi connectivity index (χ4n) is 2.51. The molecule has 0 unspecified atom stereocenters. The van der Waals surface area contributed by atoms with E-state index in [1.807, 2.05) is 6.55 Å². The number of rotatable bonds is 11. The molecule has 0 bridgehead atoms. The Balaban J connectivity index is 4.84. The topological polar surface area (TPSA) is 54.0 Å². The lowest BCUT2D eigenvalue weighted by Crippen LogP contribution is -2.59. The molecule has 0 saturated carbocycles. The van der Waals surface area contributed by atoms with Gasteiger partial charge in [-0.25, -0.2) is 4.79 Å². The average Bonchev–Trinajstić information content (AvgIpc) is 2.27. The fraction of sp³-hybridized carbons (Fsp3) is 0.812. The van der Waals surface area contributed by atoms with Gasteiger partial charge in [-0.05, 0) is 71.8 Å². The van der Waals surface area contributed by atoms with Crippen molar-refractivity contribution >= 4 is 39.7 Å². The fourth-order valence-corrected chi connectivity index (χ4v) is 18.5. The first-order chi connectivity index (χ1) is 10.9. The van der Waals surface area contributed by atoms with Crippen LogP contribution in [-0.2, 0) is 21.9 Å². The van der Waals surface area contributed by atoms with Crippen LogP contribution in [0.4, 0.5) is 0 Å².